The monoisotopic (exact) mass is 307 g/mol. The van der Waals surface area contributed by atoms with Gasteiger partial charge in [-0.15, -0.1) is 0 Å². The van der Waals surface area contributed by atoms with Crippen molar-refractivity contribution < 1.29 is 9.53 Å². The van der Waals surface area contributed by atoms with Gasteiger partial charge >= 0.3 is 11.8 Å². The number of hydrogen-bond acceptors (Lipinski definition) is 4. The van der Waals surface area contributed by atoms with Crippen LogP contribution in [0, 0.1) is 0 Å². The van der Waals surface area contributed by atoms with Crippen LogP contribution in [0.25, 0.3) is 0 Å². The molecule has 0 saturated heterocycles. The molecule has 0 aliphatic carbocycles. The van der Waals surface area contributed by atoms with Gasteiger partial charge < -0.3 is 4.74 Å². The molecular weight excluding hydrogens is 294 g/mol. The summed E-state index contributed by atoms with van der Waals surface area (Å²) in [6, 6.07) is 8.92. The minimum atomic E-state index is -0.546. The topological polar surface area (TPSA) is 64.4 Å². The first kappa shape index (κ1) is 15.1. The maximum atomic E-state index is 12.1. The van der Waals surface area contributed by atoms with Crippen LogP contribution in [0.3, 0.4) is 0 Å². The number of benzene rings is 1. The molecule has 2 aromatic rings. The molecule has 0 atom stereocenters. The summed E-state index contributed by atoms with van der Waals surface area (Å²) in [5.74, 6) is 0. The van der Waals surface area contributed by atoms with Crippen LogP contribution in [-0.2, 0) is 11.4 Å². The standard InChI is InChI=1S/C14H14ClN3O3/c1-2-21-14(20)18(12-6-4-3-5-7-12)10-17-9-11(15)8-16-13(17)19/h3-9H,2,10H2,1H3. The van der Waals surface area contributed by atoms with Gasteiger partial charge in [0.15, 0.2) is 0 Å². The molecule has 6 nitrogen and oxygen atoms in total. The molecule has 0 spiro atoms. The highest BCUT2D eigenvalue weighted by Gasteiger charge is 2.17. The zero-order valence-electron chi connectivity index (χ0n) is 11.4. The van der Waals surface area contributed by atoms with Gasteiger partial charge in [0.2, 0.25) is 0 Å². The summed E-state index contributed by atoms with van der Waals surface area (Å²) in [6.45, 7) is 1.92. The Hall–Kier alpha value is -2.34. The average molecular weight is 308 g/mol. The lowest BCUT2D eigenvalue weighted by atomic mass is 10.3. The molecule has 1 aromatic heterocycles. The Kier molecular flexibility index (Phi) is 4.94. The Morgan fingerprint density at radius 1 is 1.38 bits per heavy atom. The largest absolute Gasteiger partial charge is 0.449 e. The minimum Gasteiger partial charge on any atom is -0.449 e. The second kappa shape index (κ2) is 6.90. The van der Waals surface area contributed by atoms with E-state index in [4.69, 9.17) is 16.3 Å². The maximum absolute atomic E-state index is 12.1. The first-order chi connectivity index (χ1) is 10.1. The minimum absolute atomic E-state index is 0.0325. The van der Waals surface area contributed by atoms with Crippen LogP contribution in [0.5, 0.6) is 0 Å². The molecule has 0 radical (unpaired) electrons. The Morgan fingerprint density at radius 2 is 2.10 bits per heavy atom. The highest BCUT2D eigenvalue weighted by atomic mass is 35.5. The number of para-hydroxylation sites is 1. The van der Waals surface area contributed by atoms with Crippen LogP contribution in [0.2, 0.25) is 5.02 Å². The molecule has 0 aliphatic heterocycles. The van der Waals surface area contributed by atoms with Crippen LogP contribution in [0.1, 0.15) is 6.92 Å². The van der Waals surface area contributed by atoms with Crippen molar-refractivity contribution in [3.63, 3.8) is 0 Å². The normalized spacial score (nSPS) is 10.2. The van der Waals surface area contributed by atoms with Gasteiger partial charge in [0.25, 0.3) is 0 Å². The Morgan fingerprint density at radius 3 is 2.76 bits per heavy atom. The lowest BCUT2D eigenvalue weighted by molar-refractivity contribution is 0.157. The lowest BCUT2D eigenvalue weighted by Gasteiger charge is -2.22. The Balaban J connectivity index is 2.34. The lowest BCUT2D eigenvalue weighted by Crippen LogP contribution is -2.37. The summed E-state index contributed by atoms with van der Waals surface area (Å²) < 4.78 is 6.26. The van der Waals surface area contributed by atoms with Gasteiger partial charge in [-0.1, -0.05) is 29.8 Å². The van der Waals surface area contributed by atoms with Crippen molar-refractivity contribution in [1.82, 2.24) is 9.55 Å². The van der Waals surface area contributed by atoms with Crippen LogP contribution in [-0.4, -0.2) is 22.3 Å². The van der Waals surface area contributed by atoms with Gasteiger partial charge in [-0.3, -0.25) is 9.47 Å². The highest BCUT2D eigenvalue weighted by Crippen LogP contribution is 2.15. The molecule has 110 valence electrons. The first-order valence-electron chi connectivity index (χ1n) is 6.33. The predicted octanol–water partition coefficient (Wildman–Crippen LogP) is 2.52. The van der Waals surface area contributed by atoms with E-state index in [-0.39, 0.29) is 13.3 Å². The fraction of sp³-hybridized carbons (Fsp3) is 0.214. The number of halogens is 1. The molecule has 0 fully saturated rings. The van der Waals surface area contributed by atoms with Crippen molar-refractivity contribution in [2.75, 3.05) is 11.5 Å². The van der Waals surface area contributed by atoms with E-state index in [2.05, 4.69) is 4.98 Å². The van der Waals surface area contributed by atoms with Gasteiger partial charge in [0, 0.05) is 11.9 Å². The van der Waals surface area contributed by atoms with E-state index in [1.165, 1.54) is 21.9 Å². The number of carbonyl (C=O) groups is 1. The maximum Gasteiger partial charge on any atom is 0.415 e. The fourth-order valence-corrected chi connectivity index (χ4v) is 1.90. The molecule has 7 heteroatoms. The van der Waals surface area contributed by atoms with E-state index in [1.807, 2.05) is 6.07 Å². The van der Waals surface area contributed by atoms with Crippen LogP contribution in [0.4, 0.5) is 10.5 Å². The summed E-state index contributed by atoms with van der Waals surface area (Å²) in [5.41, 5.74) is 0.118. The van der Waals surface area contributed by atoms with Crippen molar-refractivity contribution in [2.24, 2.45) is 0 Å². The molecule has 0 N–H and O–H groups in total. The second-order valence-corrected chi connectivity index (χ2v) is 4.56. The molecule has 0 saturated carbocycles. The molecule has 0 unspecified atom stereocenters. The zero-order valence-corrected chi connectivity index (χ0v) is 12.2. The molecule has 0 aliphatic rings. The van der Waals surface area contributed by atoms with E-state index in [1.54, 1.807) is 31.2 Å². The van der Waals surface area contributed by atoms with Gasteiger partial charge in [-0.25, -0.2) is 9.59 Å². The van der Waals surface area contributed by atoms with Crippen LogP contribution < -0.4 is 10.6 Å². The summed E-state index contributed by atoms with van der Waals surface area (Å²) in [5, 5.41) is 0.312. The molecule has 0 bridgehead atoms. The molecule has 1 aromatic carbocycles. The smallest absolute Gasteiger partial charge is 0.415 e. The average Bonchev–Trinajstić information content (AvgIpc) is 2.49. The van der Waals surface area contributed by atoms with Crippen LogP contribution in [0.15, 0.2) is 47.5 Å². The second-order valence-electron chi connectivity index (χ2n) is 4.13. The summed E-state index contributed by atoms with van der Waals surface area (Å²) in [4.78, 5) is 28.8. The zero-order chi connectivity index (χ0) is 15.2. The van der Waals surface area contributed by atoms with Crippen molar-refractivity contribution in [2.45, 2.75) is 13.6 Å². The van der Waals surface area contributed by atoms with Crippen LogP contribution >= 0.6 is 11.6 Å². The summed E-state index contributed by atoms with van der Waals surface area (Å²) in [6.07, 6.45) is 2.14. The molecule has 1 amide bonds. The highest BCUT2D eigenvalue weighted by molar-refractivity contribution is 6.30. The molecular formula is C14H14ClN3O3. The number of hydrogen-bond donors (Lipinski definition) is 0. The predicted molar refractivity (Wildman–Crippen MR) is 79.5 cm³/mol. The summed E-state index contributed by atoms with van der Waals surface area (Å²) in [7, 11) is 0. The van der Waals surface area contributed by atoms with E-state index >= 15 is 0 Å². The Labute approximate surface area is 126 Å². The Bertz CT molecular complexity index is 673. The van der Waals surface area contributed by atoms with E-state index in [0.717, 1.165) is 0 Å². The quantitative estimate of drug-likeness (QED) is 0.870. The number of anilines is 1. The van der Waals surface area contributed by atoms with Crippen molar-refractivity contribution in [1.29, 1.82) is 0 Å². The molecule has 2 rings (SSSR count). The molecule has 21 heavy (non-hydrogen) atoms. The third-order valence-electron chi connectivity index (χ3n) is 2.67. The number of carbonyl (C=O) groups excluding carboxylic acids is 1. The number of aromatic nitrogens is 2. The van der Waals surface area contributed by atoms with Gasteiger partial charge in [0.05, 0.1) is 17.8 Å². The number of amides is 1. The van der Waals surface area contributed by atoms with Gasteiger partial charge in [-0.05, 0) is 19.1 Å². The number of rotatable bonds is 4. The van der Waals surface area contributed by atoms with Gasteiger partial charge in [-0.2, -0.15) is 4.98 Å². The van der Waals surface area contributed by atoms with Crippen molar-refractivity contribution in [3.05, 3.63) is 58.2 Å². The SMILES string of the molecule is CCOC(=O)N(Cn1cc(Cl)cnc1=O)c1ccccc1. The van der Waals surface area contributed by atoms with E-state index in [0.29, 0.717) is 10.7 Å². The number of ether oxygens (including phenoxy) is 1. The van der Waals surface area contributed by atoms with Crippen molar-refractivity contribution >= 4 is 23.4 Å². The fourth-order valence-electron chi connectivity index (χ4n) is 1.74. The third kappa shape index (κ3) is 3.82. The van der Waals surface area contributed by atoms with E-state index < -0.39 is 11.8 Å². The third-order valence-corrected chi connectivity index (χ3v) is 2.87. The van der Waals surface area contributed by atoms with Gasteiger partial charge in [0.1, 0.15) is 6.67 Å². The van der Waals surface area contributed by atoms with Crippen molar-refractivity contribution in [3.8, 4) is 0 Å². The van der Waals surface area contributed by atoms with E-state index in [9.17, 15) is 9.59 Å². The summed E-state index contributed by atoms with van der Waals surface area (Å²) >= 11 is 5.83. The first-order valence-corrected chi connectivity index (χ1v) is 6.71. The molecule has 1 heterocycles. The number of nitrogens with zero attached hydrogens (tertiary/aromatic N) is 3.